The molecule has 0 bridgehead atoms. The summed E-state index contributed by atoms with van der Waals surface area (Å²) in [7, 11) is 0. The molecule has 1 aromatic heterocycles. The molecule has 0 saturated carbocycles. The Hall–Kier alpha value is -3.19. The summed E-state index contributed by atoms with van der Waals surface area (Å²) in [5.74, 6) is 0.0721. The quantitative estimate of drug-likeness (QED) is 0.720. The largest absolute Gasteiger partial charge is 0.448 e. The van der Waals surface area contributed by atoms with Gasteiger partial charge in [-0.1, -0.05) is 48.5 Å². The average Bonchev–Trinajstić information content (AvgIpc) is 3.33. The number of piperazine rings is 1. The summed E-state index contributed by atoms with van der Waals surface area (Å²) in [6.07, 6.45) is -0.278. The molecule has 1 aliphatic carbocycles. The number of aryl methyl sites for hydroxylation is 1. The van der Waals surface area contributed by atoms with Gasteiger partial charge in [0.25, 0.3) is 0 Å². The van der Waals surface area contributed by atoms with Gasteiger partial charge in [-0.25, -0.2) is 4.79 Å². The molecule has 148 valence electrons. The van der Waals surface area contributed by atoms with Crippen molar-refractivity contribution in [2.75, 3.05) is 26.2 Å². The van der Waals surface area contributed by atoms with E-state index in [4.69, 9.17) is 4.74 Å². The molecular formula is C22H23N5O2. The zero-order chi connectivity index (χ0) is 19.8. The first-order valence-corrected chi connectivity index (χ1v) is 9.93. The van der Waals surface area contributed by atoms with Crippen LogP contribution in [0.2, 0.25) is 0 Å². The molecule has 2 aromatic carbocycles. The topological polar surface area (TPSA) is 83.1 Å². The molecule has 0 radical (unpaired) electrons. The third-order valence-corrected chi connectivity index (χ3v) is 5.86. The van der Waals surface area contributed by atoms with Crippen molar-refractivity contribution < 1.29 is 9.53 Å². The van der Waals surface area contributed by atoms with Crippen molar-refractivity contribution in [1.82, 2.24) is 25.6 Å². The number of aromatic nitrogens is 3. The van der Waals surface area contributed by atoms with Gasteiger partial charge < -0.3 is 15.0 Å². The monoisotopic (exact) mass is 389 g/mol. The second-order valence-electron chi connectivity index (χ2n) is 7.55. The van der Waals surface area contributed by atoms with Crippen LogP contribution in [-0.2, 0) is 4.74 Å². The highest BCUT2D eigenvalue weighted by molar-refractivity contribution is 5.79. The molecule has 29 heavy (non-hydrogen) atoms. The summed E-state index contributed by atoms with van der Waals surface area (Å²) in [4.78, 5) is 14.6. The second-order valence-corrected chi connectivity index (χ2v) is 7.55. The summed E-state index contributed by atoms with van der Waals surface area (Å²) < 4.78 is 5.79. The number of ether oxygens (including phenoxy) is 1. The Labute approximate surface area is 169 Å². The number of fused-ring (bicyclic) bond motifs is 3. The first-order chi connectivity index (χ1) is 14.2. The van der Waals surface area contributed by atoms with Crippen LogP contribution in [0.1, 0.15) is 34.5 Å². The average molecular weight is 389 g/mol. The highest BCUT2D eigenvalue weighted by Gasteiger charge is 2.31. The van der Waals surface area contributed by atoms with Crippen LogP contribution >= 0.6 is 0 Å². The fourth-order valence-electron chi connectivity index (χ4n) is 4.41. The summed E-state index contributed by atoms with van der Waals surface area (Å²) in [5, 5.41) is 14.3. The van der Waals surface area contributed by atoms with Crippen molar-refractivity contribution >= 4 is 6.09 Å². The molecular weight excluding hydrogens is 366 g/mol. The predicted octanol–water partition coefficient (Wildman–Crippen LogP) is 3.01. The van der Waals surface area contributed by atoms with Gasteiger partial charge in [-0.15, -0.1) is 0 Å². The molecule has 1 fully saturated rings. The Morgan fingerprint density at radius 2 is 1.79 bits per heavy atom. The number of rotatable bonds is 3. The summed E-state index contributed by atoms with van der Waals surface area (Å²) in [6, 6.07) is 16.7. The van der Waals surface area contributed by atoms with Crippen molar-refractivity contribution in [3.05, 3.63) is 71.0 Å². The van der Waals surface area contributed by atoms with E-state index >= 15 is 0 Å². The van der Waals surface area contributed by atoms with Gasteiger partial charge in [0.15, 0.2) is 0 Å². The van der Waals surface area contributed by atoms with Gasteiger partial charge in [0.05, 0.1) is 11.7 Å². The molecule has 7 nitrogen and oxygen atoms in total. The molecule has 1 aliphatic heterocycles. The standard InChI is InChI=1S/C22H23N5O2/c1-14-21(25-26-24-14)20-12-27(11-10-23-20)22(28)29-13-19-17-8-4-2-6-15(17)16-7-3-5-9-18(16)19/h2-9,19-20,23H,10-13H2,1H3,(H,24,25,26). The van der Waals surface area contributed by atoms with Crippen molar-refractivity contribution in [2.45, 2.75) is 18.9 Å². The Morgan fingerprint density at radius 3 is 2.45 bits per heavy atom. The van der Waals surface area contributed by atoms with Crippen molar-refractivity contribution in [3.63, 3.8) is 0 Å². The molecule has 0 spiro atoms. The van der Waals surface area contributed by atoms with Gasteiger partial charge in [0.1, 0.15) is 12.3 Å². The molecule has 7 heteroatoms. The van der Waals surface area contributed by atoms with Crippen molar-refractivity contribution in [3.8, 4) is 11.1 Å². The smallest absolute Gasteiger partial charge is 0.409 e. The van der Waals surface area contributed by atoms with Crippen molar-refractivity contribution in [2.24, 2.45) is 0 Å². The van der Waals surface area contributed by atoms with Crippen LogP contribution in [0.4, 0.5) is 4.79 Å². The van der Waals surface area contributed by atoms with Crippen LogP contribution in [0.3, 0.4) is 0 Å². The third kappa shape index (κ3) is 3.17. The number of carbonyl (C=O) groups excluding carboxylic acids is 1. The van der Waals surface area contributed by atoms with Crippen LogP contribution in [0.5, 0.6) is 0 Å². The molecule has 1 saturated heterocycles. The molecule has 1 atom stereocenters. The SMILES string of the molecule is Cc1n[nH]nc1C1CN(C(=O)OCC2c3ccccc3-c3ccccc32)CCN1. The van der Waals surface area contributed by atoms with E-state index in [0.29, 0.717) is 26.2 Å². The zero-order valence-electron chi connectivity index (χ0n) is 16.3. The Kier molecular flexibility index (Phi) is 4.52. The lowest BCUT2D eigenvalue weighted by molar-refractivity contribution is 0.0879. The minimum absolute atomic E-state index is 0.0389. The maximum absolute atomic E-state index is 12.8. The Morgan fingerprint density at radius 1 is 1.10 bits per heavy atom. The maximum atomic E-state index is 12.8. The number of carbonyl (C=O) groups is 1. The molecule has 2 N–H and O–H groups in total. The van der Waals surface area contributed by atoms with E-state index in [-0.39, 0.29) is 18.1 Å². The maximum Gasteiger partial charge on any atom is 0.409 e. The van der Waals surface area contributed by atoms with E-state index in [1.807, 2.05) is 19.1 Å². The van der Waals surface area contributed by atoms with E-state index in [1.54, 1.807) is 4.90 Å². The number of aromatic amines is 1. The summed E-state index contributed by atoms with van der Waals surface area (Å²) in [6.45, 7) is 4.08. The fourth-order valence-corrected chi connectivity index (χ4v) is 4.41. The molecule has 3 aromatic rings. The number of H-pyrrole nitrogens is 1. The van der Waals surface area contributed by atoms with Crippen LogP contribution in [0, 0.1) is 6.92 Å². The van der Waals surface area contributed by atoms with E-state index < -0.39 is 0 Å². The zero-order valence-corrected chi connectivity index (χ0v) is 16.3. The fraction of sp³-hybridized carbons (Fsp3) is 0.318. The van der Waals surface area contributed by atoms with Gasteiger partial charge in [-0.3, -0.25) is 0 Å². The van der Waals surface area contributed by atoms with Gasteiger partial charge in [-0.05, 0) is 29.2 Å². The Balaban J connectivity index is 1.29. The molecule has 1 unspecified atom stereocenters. The van der Waals surface area contributed by atoms with Gasteiger partial charge >= 0.3 is 6.09 Å². The molecule has 5 rings (SSSR count). The first kappa shape index (κ1) is 17.9. The number of nitrogens with zero attached hydrogens (tertiary/aromatic N) is 3. The van der Waals surface area contributed by atoms with Gasteiger partial charge in [0.2, 0.25) is 0 Å². The lowest BCUT2D eigenvalue weighted by Crippen LogP contribution is -2.48. The molecule has 1 amide bonds. The summed E-state index contributed by atoms with van der Waals surface area (Å²) >= 11 is 0. The lowest BCUT2D eigenvalue weighted by Gasteiger charge is -2.32. The highest BCUT2D eigenvalue weighted by atomic mass is 16.6. The Bertz CT molecular complexity index is 1000. The second kappa shape index (κ2) is 7.33. The number of amides is 1. The number of hydrogen-bond donors (Lipinski definition) is 2. The van der Waals surface area contributed by atoms with E-state index in [9.17, 15) is 4.79 Å². The van der Waals surface area contributed by atoms with E-state index in [0.717, 1.165) is 11.4 Å². The molecule has 2 aliphatic rings. The van der Waals surface area contributed by atoms with Crippen LogP contribution < -0.4 is 5.32 Å². The van der Waals surface area contributed by atoms with Gasteiger partial charge in [0, 0.05) is 25.6 Å². The van der Waals surface area contributed by atoms with E-state index in [1.165, 1.54) is 22.3 Å². The van der Waals surface area contributed by atoms with Gasteiger partial charge in [-0.2, -0.15) is 15.4 Å². The number of hydrogen-bond acceptors (Lipinski definition) is 5. The third-order valence-electron chi connectivity index (χ3n) is 5.86. The lowest BCUT2D eigenvalue weighted by atomic mass is 9.98. The molecule has 2 heterocycles. The predicted molar refractivity (Wildman–Crippen MR) is 109 cm³/mol. The first-order valence-electron chi connectivity index (χ1n) is 9.93. The minimum atomic E-state index is -0.278. The number of benzene rings is 2. The normalized spacial score (nSPS) is 18.4. The minimum Gasteiger partial charge on any atom is -0.448 e. The van der Waals surface area contributed by atoms with Crippen LogP contribution in [-0.4, -0.2) is 52.6 Å². The number of nitrogens with one attached hydrogen (secondary N) is 2. The van der Waals surface area contributed by atoms with Crippen LogP contribution in [0.25, 0.3) is 11.1 Å². The van der Waals surface area contributed by atoms with Crippen LogP contribution in [0.15, 0.2) is 48.5 Å². The van der Waals surface area contributed by atoms with E-state index in [2.05, 4.69) is 57.1 Å². The highest BCUT2D eigenvalue weighted by Crippen LogP contribution is 2.44. The summed E-state index contributed by atoms with van der Waals surface area (Å²) in [5.41, 5.74) is 6.59. The van der Waals surface area contributed by atoms with Crippen molar-refractivity contribution in [1.29, 1.82) is 0 Å².